The summed E-state index contributed by atoms with van der Waals surface area (Å²) in [6.07, 6.45) is 1.38. The SMILES string of the molecule is Cc1nc(CN=C=O)no1. The minimum absolute atomic E-state index is 0.140. The van der Waals surface area contributed by atoms with Crippen LogP contribution in [0.5, 0.6) is 0 Å². The predicted molar refractivity (Wildman–Crippen MR) is 30.9 cm³/mol. The Morgan fingerprint density at radius 3 is 3.10 bits per heavy atom. The molecule has 0 aliphatic carbocycles. The van der Waals surface area contributed by atoms with Gasteiger partial charge in [-0.05, 0) is 0 Å². The lowest BCUT2D eigenvalue weighted by Gasteiger charge is -1.75. The molecule has 0 radical (unpaired) electrons. The monoisotopic (exact) mass is 139 g/mol. The van der Waals surface area contributed by atoms with Crippen LogP contribution in [-0.2, 0) is 11.3 Å². The first-order valence-electron chi connectivity index (χ1n) is 2.66. The second-order valence-electron chi connectivity index (χ2n) is 1.64. The van der Waals surface area contributed by atoms with E-state index < -0.39 is 0 Å². The zero-order chi connectivity index (χ0) is 7.40. The van der Waals surface area contributed by atoms with Crippen molar-refractivity contribution >= 4 is 6.08 Å². The van der Waals surface area contributed by atoms with Crippen molar-refractivity contribution in [3.8, 4) is 0 Å². The molecule has 0 fully saturated rings. The summed E-state index contributed by atoms with van der Waals surface area (Å²) in [7, 11) is 0. The lowest BCUT2D eigenvalue weighted by molar-refractivity contribution is 0.387. The van der Waals surface area contributed by atoms with Gasteiger partial charge in [-0.15, -0.1) is 0 Å². The van der Waals surface area contributed by atoms with Gasteiger partial charge in [-0.3, -0.25) is 0 Å². The van der Waals surface area contributed by atoms with E-state index in [1.54, 1.807) is 6.92 Å². The fourth-order valence-electron chi connectivity index (χ4n) is 0.509. The molecule has 0 saturated heterocycles. The third-order valence-electron chi connectivity index (χ3n) is 0.855. The van der Waals surface area contributed by atoms with Crippen molar-refractivity contribution in [2.45, 2.75) is 13.5 Å². The summed E-state index contributed by atoms with van der Waals surface area (Å²) >= 11 is 0. The van der Waals surface area contributed by atoms with Gasteiger partial charge >= 0.3 is 0 Å². The van der Waals surface area contributed by atoms with Crippen LogP contribution in [0.2, 0.25) is 0 Å². The molecule has 0 aromatic carbocycles. The molecule has 0 bridgehead atoms. The molecule has 0 atom stereocenters. The maximum Gasteiger partial charge on any atom is 0.235 e. The fourth-order valence-corrected chi connectivity index (χ4v) is 0.509. The van der Waals surface area contributed by atoms with Crippen LogP contribution in [0.3, 0.4) is 0 Å². The van der Waals surface area contributed by atoms with Crippen LogP contribution in [0, 0.1) is 6.92 Å². The molecule has 5 heteroatoms. The third-order valence-corrected chi connectivity index (χ3v) is 0.855. The first-order valence-corrected chi connectivity index (χ1v) is 2.66. The molecule has 0 aliphatic rings. The number of aliphatic imine (C=N–C) groups is 1. The van der Waals surface area contributed by atoms with E-state index in [-0.39, 0.29) is 6.54 Å². The van der Waals surface area contributed by atoms with Crippen molar-refractivity contribution < 1.29 is 9.32 Å². The number of rotatable bonds is 2. The van der Waals surface area contributed by atoms with E-state index >= 15 is 0 Å². The second kappa shape index (κ2) is 2.89. The van der Waals surface area contributed by atoms with Gasteiger partial charge in [-0.25, -0.2) is 4.79 Å². The molecule has 1 aromatic heterocycles. The molecule has 10 heavy (non-hydrogen) atoms. The summed E-state index contributed by atoms with van der Waals surface area (Å²) in [5.41, 5.74) is 0. The van der Waals surface area contributed by atoms with Crippen LogP contribution < -0.4 is 0 Å². The molecule has 0 N–H and O–H groups in total. The highest BCUT2D eigenvalue weighted by Crippen LogP contribution is 1.94. The van der Waals surface area contributed by atoms with Crippen LogP contribution >= 0.6 is 0 Å². The standard InChI is InChI=1S/C5H5N3O2/c1-4-7-5(8-10-4)2-6-3-9/h2H2,1H3. The summed E-state index contributed by atoms with van der Waals surface area (Å²) < 4.78 is 4.61. The molecule has 0 saturated carbocycles. The molecule has 0 amide bonds. The Hall–Kier alpha value is -1.48. The van der Waals surface area contributed by atoms with E-state index in [9.17, 15) is 4.79 Å². The minimum Gasteiger partial charge on any atom is -0.340 e. The van der Waals surface area contributed by atoms with Gasteiger partial charge < -0.3 is 4.52 Å². The Bertz CT molecular complexity index is 262. The topological polar surface area (TPSA) is 68.3 Å². The Morgan fingerprint density at radius 1 is 1.80 bits per heavy atom. The number of hydrogen-bond acceptors (Lipinski definition) is 5. The molecule has 0 unspecified atom stereocenters. The van der Waals surface area contributed by atoms with Gasteiger partial charge in [0.15, 0.2) is 5.82 Å². The largest absolute Gasteiger partial charge is 0.340 e. The summed E-state index contributed by atoms with van der Waals surface area (Å²) in [6, 6.07) is 0. The highest BCUT2D eigenvalue weighted by molar-refractivity contribution is 5.32. The van der Waals surface area contributed by atoms with Crippen molar-refractivity contribution in [3.63, 3.8) is 0 Å². The van der Waals surface area contributed by atoms with Gasteiger partial charge in [0, 0.05) is 6.92 Å². The van der Waals surface area contributed by atoms with Crippen molar-refractivity contribution in [1.29, 1.82) is 0 Å². The van der Waals surface area contributed by atoms with Crippen LogP contribution in [0.15, 0.2) is 9.52 Å². The normalized spacial score (nSPS) is 8.90. The third kappa shape index (κ3) is 1.50. The number of hydrogen-bond donors (Lipinski definition) is 0. The van der Waals surface area contributed by atoms with Gasteiger partial charge in [-0.2, -0.15) is 9.98 Å². The van der Waals surface area contributed by atoms with Crippen LogP contribution in [0.1, 0.15) is 11.7 Å². The second-order valence-corrected chi connectivity index (χ2v) is 1.64. The summed E-state index contributed by atoms with van der Waals surface area (Å²) in [5.74, 6) is 0.872. The van der Waals surface area contributed by atoms with Gasteiger partial charge in [0.05, 0.1) is 0 Å². The Morgan fingerprint density at radius 2 is 2.60 bits per heavy atom. The zero-order valence-electron chi connectivity index (χ0n) is 5.37. The predicted octanol–water partition coefficient (Wildman–Crippen LogP) is 0.214. The van der Waals surface area contributed by atoms with Gasteiger partial charge in [0.2, 0.25) is 12.0 Å². The molecular formula is C5H5N3O2. The van der Waals surface area contributed by atoms with Crippen molar-refractivity contribution in [1.82, 2.24) is 10.1 Å². The van der Waals surface area contributed by atoms with Crippen molar-refractivity contribution in [2.75, 3.05) is 0 Å². The van der Waals surface area contributed by atoms with Crippen molar-refractivity contribution in [3.05, 3.63) is 11.7 Å². The van der Waals surface area contributed by atoms with E-state index in [2.05, 4.69) is 19.7 Å². The lowest BCUT2D eigenvalue weighted by atomic mass is 10.6. The molecule has 1 rings (SSSR count). The summed E-state index contributed by atoms with van der Waals surface area (Å²) in [4.78, 5) is 16.7. The summed E-state index contributed by atoms with van der Waals surface area (Å²) in [6.45, 7) is 1.81. The minimum atomic E-state index is 0.140. The molecule has 52 valence electrons. The Labute approximate surface area is 56.8 Å². The molecular weight excluding hydrogens is 134 g/mol. The molecule has 5 nitrogen and oxygen atoms in total. The van der Waals surface area contributed by atoms with E-state index in [0.717, 1.165) is 0 Å². The van der Waals surface area contributed by atoms with E-state index in [0.29, 0.717) is 11.7 Å². The van der Waals surface area contributed by atoms with Gasteiger partial charge in [-0.1, -0.05) is 5.16 Å². The Kier molecular flexibility index (Phi) is 1.92. The highest BCUT2D eigenvalue weighted by Gasteiger charge is 1.98. The van der Waals surface area contributed by atoms with Crippen molar-refractivity contribution in [2.24, 2.45) is 4.99 Å². The lowest BCUT2D eigenvalue weighted by Crippen LogP contribution is -1.82. The van der Waals surface area contributed by atoms with Crippen LogP contribution in [0.25, 0.3) is 0 Å². The molecule has 1 heterocycles. The Balaban J connectivity index is 2.66. The van der Waals surface area contributed by atoms with E-state index in [1.807, 2.05) is 0 Å². The van der Waals surface area contributed by atoms with Gasteiger partial charge in [0.25, 0.3) is 0 Å². The van der Waals surface area contributed by atoms with E-state index in [1.165, 1.54) is 6.08 Å². The van der Waals surface area contributed by atoms with Gasteiger partial charge in [0.1, 0.15) is 6.54 Å². The first kappa shape index (κ1) is 6.64. The molecule has 0 spiro atoms. The van der Waals surface area contributed by atoms with E-state index in [4.69, 9.17) is 0 Å². The number of carbonyl (C=O) groups excluding carboxylic acids is 1. The fraction of sp³-hybridized carbons (Fsp3) is 0.400. The number of nitrogens with zero attached hydrogens (tertiary/aromatic N) is 3. The maximum absolute atomic E-state index is 9.61. The first-order chi connectivity index (χ1) is 4.83. The molecule has 0 aliphatic heterocycles. The molecule has 1 aromatic rings. The van der Waals surface area contributed by atoms with Crippen LogP contribution in [0.4, 0.5) is 0 Å². The quantitative estimate of drug-likeness (QED) is 0.434. The zero-order valence-corrected chi connectivity index (χ0v) is 5.37. The average Bonchev–Trinajstić information content (AvgIpc) is 2.31. The number of isocyanates is 1. The summed E-state index contributed by atoms with van der Waals surface area (Å²) in [5, 5.41) is 3.49. The highest BCUT2D eigenvalue weighted by atomic mass is 16.5. The van der Waals surface area contributed by atoms with Crippen LogP contribution in [-0.4, -0.2) is 16.2 Å². The average molecular weight is 139 g/mol. The maximum atomic E-state index is 9.61. The smallest absolute Gasteiger partial charge is 0.235 e. The number of aryl methyl sites for hydroxylation is 1. The number of aromatic nitrogens is 2.